The smallest absolute Gasteiger partial charge is 0.343 e. The van der Waals surface area contributed by atoms with Gasteiger partial charge in [0.25, 0.3) is 10.1 Å². The molecule has 1 aliphatic rings. The number of esters is 1. The molecule has 2 aromatic carbocycles. The van der Waals surface area contributed by atoms with E-state index in [0.717, 1.165) is 29.9 Å². The van der Waals surface area contributed by atoms with Crippen LogP contribution in [0.15, 0.2) is 53.4 Å². The van der Waals surface area contributed by atoms with Gasteiger partial charge in [0.1, 0.15) is 5.75 Å². The van der Waals surface area contributed by atoms with Crippen molar-refractivity contribution >= 4 is 51.3 Å². The van der Waals surface area contributed by atoms with Gasteiger partial charge >= 0.3 is 5.97 Å². The van der Waals surface area contributed by atoms with Crippen LogP contribution in [0.25, 0.3) is 0 Å². The van der Waals surface area contributed by atoms with Gasteiger partial charge in [0.15, 0.2) is 5.96 Å². The predicted molar refractivity (Wildman–Crippen MR) is 141 cm³/mol. The van der Waals surface area contributed by atoms with E-state index in [9.17, 15) is 22.8 Å². The number of nitrogens with zero attached hydrogens (tertiary/aromatic N) is 1. The molecule has 1 heterocycles. The first kappa shape index (κ1) is 29.8. The van der Waals surface area contributed by atoms with Gasteiger partial charge in [0.2, 0.25) is 11.8 Å². The molecule has 3 rings (SSSR count). The van der Waals surface area contributed by atoms with Crippen LogP contribution < -0.4 is 15.8 Å². The highest BCUT2D eigenvalue weighted by molar-refractivity contribution is 7.99. The average Bonchev–Trinajstić information content (AvgIpc) is 3.13. The van der Waals surface area contributed by atoms with E-state index in [0.29, 0.717) is 42.6 Å². The van der Waals surface area contributed by atoms with Crippen molar-refractivity contribution in [1.29, 1.82) is 5.41 Å². The quantitative estimate of drug-likeness (QED) is 0.0501. The standard InChI is InChI=1S/C23H26N4O4S.CH4O3S/c24-23(25)26-17-6-4-16(5-7-17)22(30)31-18-8-10-19(11-9-18)32-15-3-1-2-14-27-20(28)12-13-21(27)29;1-5(2,3)4/h4-11H,1-3,12-15H2,(H4,24,25,26);1H3,(H,2,3,4). The molecule has 1 saturated heterocycles. The number of guanidine groups is 1. The summed E-state index contributed by atoms with van der Waals surface area (Å²) in [4.78, 5) is 37.9. The molecule has 0 saturated carbocycles. The minimum absolute atomic E-state index is 0.0489. The summed E-state index contributed by atoms with van der Waals surface area (Å²) in [6.07, 6.45) is 4.20. The summed E-state index contributed by atoms with van der Waals surface area (Å²) in [5.41, 5.74) is 6.29. The van der Waals surface area contributed by atoms with E-state index in [-0.39, 0.29) is 17.8 Å². The number of nitrogens with one attached hydrogen (secondary N) is 2. The van der Waals surface area contributed by atoms with E-state index in [1.807, 2.05) is 12.1 Å². The van der Waals surface area contributed by atoms with E-state index >= 15 is 0 Å². The number of carbonyl (C=O) groups is 3. The summed E-state index contributed by atoms with van der Waals surface area (Å²) < 4.78 is 31.3. The first-order valence-electron chi connectivity index (χ1n) is 11.3. The van der Waals surface area contributed by atoms with Gasteiger partial charge in [-0.2, -0.15) is 8.42 Å². The van der Waals surface area contributed by atoms with Gasteiger partial charge in [-0.05, 0) is 67.1 Å². The van der Waals surface area contributed by atoms with Crippen molar-refractivity contribution in [2.45, 2.75) is 37.0 Å². The van der Waals surface area contributed by atoms with E-state index < -0.39 is 16.1 Å². The average molecular weight is 551 g/mol. The maximum absolute atomic E-state index is 12.3. The van der Waals surface area contributed by atoms with Gasteiger partial charge in [-0.25, -0.2) is 4.79 Å². The topological polar surface area (TPSA) is 180 Å². The molecule has 2 aromatic rings. The molecule has 0 bridgehead atoms. The van der Waals surface area contributed by atoms with Gasteiger partial charge in [-0.3, -0.25) is 24.5 Å². The van der Waals surface area contributed by atoms with Gasteiger partial charge in [0, 0.05) is 30.0 Å². The number of rotatable bonds is 10. The number of amides is 2. The van der Waals surface area contributed by atoms with Crippen molar-refractivity contribution in [2.24, 2.45) is 5.73 Å². The minimum Gasteiger partial charge on any atom is -0.423 e. The largest absolute Gasteiger partial charge is 0.423 e. The number of carbonyl (C=O) groups excluding carboxylic acids is 3. The zero-order chi connectivity index (χ0) is 27.4. The Kier molecular flexibility index (Phi) is 11.6. The number of anilines is 1. The van der Waals surface area contributed by atoms with Crippen LogP contribution in [0.2, 0.25) is 0 Å². The molecule has 200 valence electrons. The number of nitrogens with two attached hydrogens (primary N) is 1. The SMILES string of the molecule is CS(=O)(=O)O.N=C(N)Nc1ccc(C(=O)Oc2ccc(SCCCCCN3C(=O)CCC3=O)cc2)cc1. The van der Waals surface area contributed by atoms with Crippen molar-refractivity contribution in [1.82, 2.24) is 4.90 Å². The molecule has 0 spiro atoms. The third-order valence-corrected chi connectivity index (χ3v) is 5.98. The predicted octanol–water partition coefficient (Wildman–Crippen LogP) is 3.13. The number of ether oxygens (including phenoxy) is 1. The molecule has 11 nitrogen and oxygen atoms in total. The van der Waals surface area contributed by atoms with Gasteiger partial charge in [0.05, 0.1) is 11.8 Å². The maximum atomic E-state index is 12.3. The number of unbranched alkanes of at least 4 members (excludes halogenated alkanes) is 2. The Labute approximate surface area is 220 Å². The highest BCUT2D eigenvalue weighted by Gasteiger charge is 2.27. The summed E-state index contributed by atoms with van der Waals surface area (Å²) in [6, 6.07) is 13.9. The third kappa shape index (κ3) is 11.9. The molecule has 0 unspecified atom stereocenters. The number of imide groups is 1. The molecule has 5 N–H and O–H groups in total. The van der Waals surface area contributed by atoms with Gasteiger partial charge in [-0.15, -0.1) is 11.8 Å². The zero-order valence-corrected chi connectivity index (χ0v) is 21.9. The summed E-state index contributed by atoms with van der Waals surface area (Å²) >= 11 is 1.71. The Morgan fingerprint density at radius 2 is 1.62 bits per heavy atom. The molecule has 13 heteroatoms. The number of hydrogen-bond acceptors (Lipinski definition) is 8. The number of benzene rings is 2. The fourth-order valence-corrected chi connectivity index (χ4v) is 4.14. The van der Waals surface area contributed by atoms with Crippen LogP contribution in [0.4, 0.5) is 5.69 Å². The molecule has 0 radical (unpaired) electrons. The second kappa shape index (κ2) is 14.4. The van der Waals surface area contributed by atoms with E-state index in [4.69, 9.17) is 20.4 Å². The minimum atomic E-state index is -3.67. The Hall–Kier alpha value is -3.42. The Balaban J connectivity index is 0.000000877. The number of likely N-dealkylation sites (tertiary alicyclic amines) is 1. The lowest BCUT2D eigenvalue weighted by molar-refractivity contribution is -0.138. The Morgan fingerprint density at radius 1 is 1.05 bits per heavy atom. The molecule has 2 amide bonds. The molecule has 1 aliphatic heterocycles. The molecular formula is C24H30N4O7S2. The first-order valence-corrected chi connectivity index (χ1v) is 14.2. The summed E-state index contributed by atoms with van der Waals surface area (Å²) in [6.45, 7) is 0.526. The van der Waals surface area contributed by atoms with Crippen LogP contribution in [0.5, 0.6) is 5.75 Å². The van der Waals surface area contributed by atoms with Gasteiger partial charge < -0.3 is 15.8 Å². The van der Waals surface area contributed by atoms with E-state index in [2.05, 4.69) is 5.32 Å². The van der Waals surface area contributed by atoms with Crippen LogP contribution >= 0.6 is 11.8 Å². The van der Waals surface area contributed by atoms with Crippen molar-refractivity contribution in [3.05, 3.63) is 54.1 Å². The van der Waals surface area contributed by atoms with Crippen LogP contribution in [0, 0.1) is 5.41 Å². The van der Waals surface area contributed by atoms with Crippen molar-refractivity contribution < 1.29 is 32.1 Å². The normalized spacial score (nSPS) is 13.1. The molecular weight excluding hydrogens is 520 g/mol. The van der Waals surface area contributed by atoms with Crippen LogP contribution in [0.1, 0.15) is 42.5 Å². The highest BCUT2D eigenvalue weighted by atomic mass is 32.2. The molecule has 1 fully saturated rings. The molecule has 0 atom stereocenters. The van der Waals surface area contributed by atoms with Crippen molar-refractivity contribution in [3.63, 3.8) is 0 Å². The summed E-state index contributed by atoms with van der Waals surface area (Å²) in [5.74, 6) is 0.662. The second-order valence-corrected chi connectivity index (χ2v) is 10.7. The lowest BCUT2D eigenvalue weighted by Gasteiger charge is -2.13. The Bertz CT molecular complexity index is 1180. The molecule has 0 aromatic heterocycles. The maximum Gasteiger partial charge on any atom is 0.343 e. The van der Waals surface area contributed by atoms with Crippen LogP contribution in [-0.4, -0.2) is 60.2 Å². The fraction of sp³-hybridized carbons (Fsp3) is 0.333. The highest BCUT2D eigenvalue weighted by Crippen LogP contribution is 2.23. The van der Waals surface area contributed by atoms with Crippen LogP contribution in [0.3, 0.4) is 0 Å². The monoisotopic (exact) mass is 550 g/mol. The zero-order valence-electron chi connectivity index (χ0n) is 20.3. The first-order chi connectivity index (χ1) is 17.4. The fourth-order valence-electron chi connectivity index (χ4n) is 3.23. The summed E-state index contributed by atoms with van der Waals surface area (Å²) in [5, 5.41) is 9.85. The lowest BCUT2D eigenvalue weighted by Crippen LogP contribution is -2.29. The molecule has 0 aliphatic carbocycles. The molecule has 37 heavy (non-hydrogen) atoms. The lowest BCUT2D eigenvalue weighted by atomic mass is 10.2. The summed E-state index contributed by atoms with van der Waals surface area (Å²) in [7, 11) is -3.67. The van der Waals surface area contributed by atoms with Crippen molar-refractivity contribution in [3.8, 4) is 5.75 Å². The number of hydrogen-bond donors (Lipinski definition) is 4. The van der Waals surface area contributed by atoms with Gasteiger partial charge in [-0.1, -0.05) is 6.42 Å². The third-order valence-electron chi connectivity index (χ3n) is 4.88. The number of thioether (sulfide) groups is 1. The van der Waals surface area contributed by atoms with E-state index in [1.165, 1.54) is 4.90 Å². The second-order valence-electron chi connectivity index (χ2n) is 8.06. The van der Waals surface area contributed by atoms with Crippen LogP contribution in [-0.2, 0) is 19.7 Å². The Morgan fingerprint density at radius 3 is 2.16 bits per heavy atom. The van der Waals surface area contributed by atoms with Crippen molar-refractivity contribution in [2.75, 3.05) is 23.9 Å². The van der Waals surface area contributed by atoms with E-state index in [1.54, 1.807) is 48.2 Å².